The first kappa shape index (κ1) is 15.2. The number of pyridine rings is 1. The van der Waals surface area contributed by atoms with Crippen molar-refractivity contribution >= 4 is 0 Å². The van der Waals surface area contributed by atoms with Gasteiger partial charge < -0.3 is 10.5 Å². The van der Waals surface area contributed by atoms with Crippen LogP contribution in [0.4, 0.5) is 17.6 Å². The Morgan fingerprint density at radius 1 is 1.14 bits per heavy atom. The van der Waals surface area contributed by atoms with E-state index in [9.17, 15) is 17.6 Å². The topological polar surface area (TPSA) is 48.1 Å². The zero-order chi connectivity index (χ0) is 15.5. The Morgan fingerprint density at radius 3 is 2.38 bits per heavy atom. The summed E-state index contributed by atoms with van der Waals surface area (Å²) in [5.41, 5.74) is 4.87. The van der Waals surface area contributed by atoms with Crippen molar-refractivity contribution in [2.75, 3.05) is 6.54 Å². The number of benzene rings is 1. The third kappa shape index (κ3) is 3.69. The maximum absolute atomic E-state index is 13.2. The summed E-state index contributed by atoms with van der Waals surface area (Å²) in [6.07, 6.45) is -2.38. The molecule has 0 bridgehead atoms. The molecule has 2 aromatic rings. The average molecular weight is 300 g/mol. The Hall–Kier alpha value is -2.15. The molecule has 7 heteroatoms. The molecule has 3 nitrogen and oxygen atoms in total. The second-order valence-corrected chi connectivity index (χ2v) is 4.26. The molecule has 0 spiro atoms. The van der Waals surface area contributed by atoms with E-state index in [4.69, 9.17) is 10.5 Å². The number of alkyl halides is 3. The van der Waals surface area contributed by atoms with Crippen LogP contribution in [0, 0.1) is 5.82 Å². The summed E-state index contributed by atoms with van der Waals surface area (Å²) < 4.78 is 56.5. The predicted molar refractivity (Wildman–Crippen MR) is 68.1 cm³/mol. The molecule has 0 saturated heterocycles. The van der Waals surface area contributed by atoms with Gasteiger partial charge in [0.25, 0.3) is 0 Å². The van der Waals surface area contributed by atoms with Gasteiger partial charge in [-0.15, -0.1) is 0 Å². The Labute approximate surface area is 118 Å². The number of aromatic nitrogens is 1. The molecule has 112 valence electrons. The highest BCUT2D eigenvalue weighted by Crippen LogP contribution is 2.34. The van der Waals surface area contributed by atoms with Crippen molar-refractivity contribution in [1.29, 1.82) is 0 Å². The molecule has 0 radical (unpaired) electrons. The molecule has 0 aliphatic heterocycles. The van der Waals surface area contributed by atoms with Crippen molar-refractivity contribution in [1.82, 2.24) is 4.98 Å². The maximum atomic E-state index is 13.2. The number of nitrogens with two attached hydrogens (primary N) is 1. The lowest BCUT2D eigenvalue weighted by molar-refractivity contribution is -0.140. The van der Waals surface area contributed by atoms with E-state index in [1.165, 1.54) is 12.4 Å². The predicted octanol–water partition coefficient (Wildman–Crippen LogP) is 3.32. The van der Waals surface area contributed by atoms with Gasteiger partial charge in [0.2, 0.25) is 0 Å². The van der Waals surface area contributed by atoms with Gasteiger partial charge in [0.1, 0.15) is 17.7 Å². The second kappa shape index (κ2) is 6.09. The SMILES string of the molecule is NCC(Oc1ccc(F)c(C(F)(F)F)c1)c1ccncc1. The fraction of sp³-hybridized carbons (Fsp3) is 0.214. The smallest absolute Gasteiger partial charge is 0.419 e. The molecule has 1 aromatic heterocycles. The number of hydrogen-bond donors (Lipinski definition) is 1. The largest absolute Gasteiger partial charge is 0.484 e. The summed E-state index contributed by atoms with van der Waals surface area (Å²) in [5.74, 6) is -1.45. The third-order valence-electron chi connectivity index (χ3n) is 2.81. The summed E-state index contributed by atoms with van der Waals surface area (Å²) in [7, 11) is 0. The van der Waals surface area contributed by atoms with Crippen LogP contribution in [0.1, 0.15) is 17.2 Å². The van der Waals surface area contributed by atoms with Crippen molar-refractivity contribution in [3.05, 3.63) is 59.7 Å². The number of rotatable bonds is 4. The van der Waals surface area contributed by atoms with Gasteiger partial charge in [0, 0.05) is 18.9 Å². The fourth-order valence-corrected chi connectivity index (χ4v) is 1.79. The van der Waals surface area contributed by atoms with Crippen molar-refractivity contribution < 1.29 is 22.3 Å². The molecule has 2 N–H and O–H groups in total. The van der Waals surface area contributed by atoms with Crippen LogP contribution in [0.25, 0.3) is 0 Å². The molecule has 1 aromatic carbocycles. The van der Waals surface area contributed by atoms with Gasteiger partial charge in [-0.05, 0) is 35.9 Å². The molecule has 1 unspecified atom stereocenters. The van der Waals surface area contributed by atoms with Gasteiger partial charge >= 0.3 is 6.18 Å². The molecular formula is C14H12F4N2O. The molecule has 0 aliphatic carbocycles. The minimum absolute atomic E-state index is 0.0583. The second-order valence-electron chi connectivity index (χ2n) is 4.26. The quantitative estimate of drug-likeness (QED) is 0.881. The maximum Gasteiger partial charge on any atom is 0.419 e. The van der Waals surface area contributed by atoms with E-state index in [0.717, 1.165) is 12.1 Å². The van der Waals surface area contributed by atoms with E-state index >= 15 is 0 Å². The molecule has 1 atom stereocenters. The Kier molecular flexibility index (Phi) is 4.42. The van der Waals surface area contributed by atoms with Crippen LogP contribution in [0.15, 0.2) is 42.7 Å². The van der Waals surface area contributed by atoms with Gasteiger partial charge in [0.05, 0.1) is 5.56 Å². The zero-order valence-electron chi connectivity index (χ0n) is 10.8. The van der Waals surface area contributed by atoms with Gasteiger partial charge in [-0.1, -0.05) is 0 Å². The number of nitrogens with zero attached hydrogens (tertiary/aromatic N) is 1. The monoisotopic (exact) mass is 300 g/mol. The van der Waals surface area contributed by atoms with Crippen LogP contribution in [0.2, 0.25) is 0 Å². The normalized spacial score (nSPS) is 13.0. The lowest BCUT2D eigenvalue weighted by Gasteiger charge is -2.18. The van der Waals surface area contributed by atoms with E-state index in [1.54, 1.807) is 12.1 Å². The van der Waals surface area contributed by atoms with E-state index in [2.05, 4.69) is 4.98 Å². The highest BCUT2D eigenvalue weighted by atomic mass is 19.4. The number of hydrogen-bond acceptors (Lipinski definition) is 3. The molecule has 0 aliphatic rings. The van der Waals surface area contributed by atoms with Gasteiger partial charge in [-0.2, -0.15) is 13.2 Å². The molecule has 0 fully saturated rings. The molecular weight excluding hydrogens is 288 g/mol. The van der Waals surface area contributed by atoms with Crippen LogP contribution in [-0.4, -0.2) is 11.5 Å². The van der Waals surface area contributed by atoms with Gasteiger partial charge in [-0.3, -0.25) is 4.98 Å². The summed E-state index contributed by atoms with van der Waals surface area (Å²) in [4.78, 5) is 3.83. The summed E-state index contributed by atoms with van der Waals surface area (Å²) in [5, 5.41) is 0. The van der Waals surface area contributed by atoms with Crippen LogP contribution in [-0.2, 0) is 6.18 Å². The van der Waals surface area contributed by atoms with E-state index in [-0.39, 0.29) is 12.3 Å². The lowest BCUT2D eigenvalue weighted by Crippen LogP contribution is -2.19. The van der Waals surface area contributed by atoms with Crippen molar-refractivity contribution in [3.63, 3.8) is 0 Å². The summed E-state index contributed by atoms with van der Waals surface area (Å²) in [6.45, 7) is 0.0583. The molecule has 21 heavy (non-hydrogen) atoms. The average Bonchev–Trinajstić information content (AvgIpc) is 2.46. The number of halogens is 4. The summed E-state index contributed by atoms with van der Waals surface area (Å²) >= 11 is 0. The fourth-order valence-electron chi connectivity index (χ4n) is 1.79. The van der Waals surface area contributed by atoms with Gasteiger partial charge in [-0.25, -0.2) is 4.39 Å². The molecule has 1 heterocycles. The highest BCUT2D eigenvalue weighted by Gasteiger charge is 2.34. The van der Waals surface area contributed by atoms with Crippen LogP contribution in [0.3, 0.4) is 0 Å². The Balaban J connectivity index is 2.27. The van der Waals surface area contributed by atoms with E-state index in [0.29, 0.717) is 11.6 Å². The van der Waals surface area contributed by atoms with E-state index in [1.807, 2.05) is 0 Å². The van der Waals surface area contributed by atoms with Crippen molar-refractivity contribution in [3.8, 4) is 5.75 Å². The minimum Gasteiger partial charge on any atom is -0.484 e. The first-order valence-corrected chi connectivity index (χ1v) is 6.05. The molecule has 0 amide bonds. The van der Waals surface area contributed by atoms with E-state index < -0.39 is 23.7 Å². The van der Waals surface area contributed by atoms with Crippen LogP contribution >= 0.6 is 0 Å². The van der Waals surface area contributed by atoms with Crippen molar-refractivity contribution in [2.45, 2.75) is 12.3 Å². The molecule has 0 saturated carbocycles. The van der Waals surface area contributed by atoms with Gasteiger partial charge in [0.15, 0.2) is 0 Å². The van der Waals surface area contributed by atoms with Crippen LogP contribution in [0.5, 0.6) is 5.75 Å². The third-order valence-corrected chi connectivity index (χ3v) is 2.81. The highest BCUT2D eigenvalue weighted by molar-refractivity contribution is 5.32. The summed E-state index contributed by atoms with van der Waals surface area (Å²) in [6, 6.07) is 5.77. The number of ether oxygens (including phenoxy) is 1. The Bertz CT molecular complexity index is 602. The first-order valence-electron chi connectivity index (χ1n) is 6.05. The standard InChI is InChI=1S/C14H12F4N2O/c15-12-2-1-10(7-11(12)14(16,17)18)21-13(8-19)9-3-5-20-6-4-9/h1-7,13H,8,19H2. The zero-order valence-corrected chi connectivity index (χ0v) is 10.8. The Morgan fingerprint density at radius 2 is 1.81 bits per heavy atom. The van der Waals surface area contributed by atoms with Crippen molar-refractivity contribution in [2.24, 2.45) is 5.73 Å². The lowest BCUT2D eigenvalue weighted by atomic mass is 10.1. The first-order chi connectivity index (χ1) is 9.91. The van der Waals surface area contributed by atoms with Crippen LogP contribution < -0.4 is 10.5 Å². The molecule has 2 rings (SSSR count). The minimum atomic E-state index is -4.78.